The number of anilines is 2. The number of benzene rings is 1. The smallest absolute Gasteiger partial charge is 0.242 e. The first-order chi connectivity index (χ1) is 10.5. The van der Waals surface area contributed by atoms with E-state index >= 15 is 0 Å². The second-order valence-electron chi connectivity index (χ2n) is 5.78. The molecule has 1 aromatic rings. The van der Waals surface area contributed by atoms with Crippen LogP contribution in [-0.2, 0) is 4.79 Å². The maximum absolute atomic E-state index is 12.4. The highest BCUT2D eigenvalue weighted by Crippen LogP contribution is 2.32. The molecule has 2 heterocycles. The number of ether oxygens (including phenoxy) is 1. The topological polar surface area (TPSA) is 99.3 Å². The van der Waals surface area contributed by atoms with Crippen LogP contribution < -0.4 is 15.4 Å². The Morgan fingerprint density at radius 2 is 2.05 bits per heavy atom. The first-order valence-corrected chi connectivity index (χ1v) is 7.46. The Balaban J connectivity index is 1.75. The number of hydrogen-bond donors (Lipinski definition) is 3. The minimum Gasteiger partial charge on any atom is -0.491 e. The van der Waals surface area contributed by atoms with E-state index in [4.69, 9.17) is 10.5 Å². The summed E-state index contributed by atoms with van der Waals surface area (Å²) in [6.07, 6.45) is -0.911. The van der Waals surface area contributed by atoms with Crippen molar-refractivity contribution in [2.45, 2.75) is 18.6 Å². The standard InChI is InChI=1S/C15H21N3O4/c16-10-2-3-14-11(6-10)17(4-1-5-22-14)9-15(21)18-7-12(19)13(20)8-18/h2-3,6,12-13,19-20H,1,4-5,7-9,16H2. The summed E-state index contributed by atoms with van der Waals surface area (Å²) in [6.45, 7) is 1.82. The summed E-state index contributed by atoms with van der Waals surface area (Å²) in [5, 5.41) is 19.1. The molecule has 2 aliphatic heterocycles. The Morgan fingerprint density at radius 1 is 1.32 bits per heavy atom. The van der Waals surface area contributed by atoms with Crippen molar-refractivity contribution in [3.63, 3.8) is 0 Å². The number of β-amino-alcohol motifs (C(OH)–C–C–N with tert-alkyl or cyclic N) is 2. The van der Waals surface area contributed by atoms with Gasteiger partial charge in [-0.05, 0) is 24.6 Å². The summed E-state index contributed by atoms with van der Waals surface area (Å²) in [4.78, 5) is 15.8. The van der Waals surface area contributed by atoms with Gasteiger partial charge in [0.2, 0.25) is 5.91 Å². The average molecular weight is 307 g/mol. The third-order valence-electron chi connectivity index (χ3n) is 4.09. The molecule has 0 radical (unpaired) electrons. The fourth-order valence-corrected chi connectivity index (χ4v) is 2.86. The Hall–Kier alpha value is -1.99. The molecular weight excluding hydrogens is 286 g/mol. The van der Waals surface area contributed by atoms with E-state index in [9.17, 15) is 15.0 Å². The number of carbonyl (C=O) groups excluding carboxylic acids is 1. The van der Waals surface area contributed by atoms with Crippen LogP contribution in [0.3, 0.4) is 0 Å². The van der Waals surface area contributed by atoms with Crippen molar-refractivity contribution in [1.82, 2.24) is 4.90 Å². The number of nitrogens with two attached hydrogens (primary N) is 1. The molecule has 1 amide bonds. The quantitative estimate of drug-likeness (QED) is 0.632. The monoisotopic (exact) mass is 307 g/mol. The molecule has 120 valence electrons. The van der Waals surface area contributed by atoms with Crippen LogP contribution in [0.1, 0.15) is 6.42 Å². The highest BCUT2D eigenvalue weighted by Gasteiger charge is 2.33. The molecule has 1 saturated heterocycles. The maximum Gasteiger partial charge on any atom is 0.242 e. The van der Waals surface area contributed by atoms with E-state index in [0.29, 0.717) is 18.8 Å². The largest absolute Gasteiger partial charge is 0.491 e. The summed E-state index contributed by atoms with van der Waals surface area (Å²) < 4.78 is 5.67. The van der Waals surface area contributed by atoms with Gasteiger partial charge in [-0.1, -0.05) is 0 Å². The summed E-state index contributed by atoms with van der Waals surface area (Å²) in [7, 11) is 0. The molecule has 7 heteroatoms. The molecule has 2 atom stereocenters. The lowest BCUT2D eigenvalue weighted by atomic mass is 10.2. The number of likely N-dealkylation sites (tertiary alicyclic amines) is 1. The Labute approximate surface area is 128 Å². The number of aliphatic hydroxyl groups excluding tert-OH is 2. The number of nitrogens with zero attached hydrogens (tertiary/aromatic N) is 2. The average Bonchev–Trinajstić information content (AvgIpc) is 2.71. The van der Waals surface area contributed by atoms with Crippen molar-refractivity contribution in [3.8, 4) is 5.75 Å². The second kappa shape index (κ2) is 6.02. The van der Waals surface area contributed by atoms with Gasteiger partial charge in [-0.15, -0.1) is 0 Å². The van der Waals surface area contributed by atoms with Crippen molar-refractivity contribution in [2.24, 2.45) is 0 Å². The van der Waals surface area contributed by atoms with Gasteiger partial charge in [-0.3, -0.25) is 4.79 Å². The number of nitrogen functional groups attached to an aromatic ring is 1. The van der Waals surface area contributed by atoms with E-state index in [1.165, 1.54) is 4.90 Å². The number of hydrogen-bond acceptors (Lipinski definition) is 6. The van der Waals surface area contributed by atoms with Gasteiger partial charge in [0.15, 0.2) is 0 Å². The van der Waals surface area contributed by atoms with E-state index in [1.807, 2.05) is 17.0 Å². The molecule has 1 aromatic carbocycles. The Kier molecular flexibility index (Phi) is 4.08. The number of aliphatic hydroxyl groups is 2. The van der Waals surface area contributed by atoms with Crippen LogP contribution in [0.5, 0.6) is 5.75 Å². The Morgan fingerprint density at radius 3 is 2.77 bits per heavy atom. The molecule has 0 aromatic heterocycles. The number of rotatable bonds is 2. The minimum atomic E-state index is -0.862. The highest BCUT2D eigenvalue weighted by atomic mass is 16.5. The minimum absolute atomic E-state index is 0.120. The molecule has 0 saturated carbocycles. The Bertz CT molecular complexity index is 556. The van der Waals surface area contributed by atoms with Gasteiger partial charge < -0.3 is 30.5 Å². The van der Waals surface area contributed by atoms with Crippen LogP contribution in [0, 0.1) is 0 Å². The molecule has 1 fully saturated rings. The predicted molar refractivity (Wildman–Crippen MR) is 81.8 cm³/mol. The number of fused-ring (bicyclic) bond motifs is 1. The highest BCUT2D eigenvalue weighted by molar-refractivity contribution is 5.83. The van der Waals surface area contributed by atoms with Gasteiger partial charge in [0, 0.05) is 25.3 Å². The van der Waals surface area contributed by atoms with Gasteiger partial charge in [0.1, 0.15) is 5.75 Å². The molecule has 0 bridgehead atoms. The molecule has 2 unspecified atom stereocenters. The number of carbonyl (C=O) groups is 1. The van der Waals surface area contributed by atoms with Gasteiger partial charge in [-0.25, -0.2) is 0 Å². The van der Waals surface area contributed by atoms with Crippen LogP contribution >= 0.6 is 0 Å². The third kappa shape index (κ3) is 2.95. The first-order valence-electron chi connectivity index (χ1n) is 7.46. The molecule has 0 spiro atoms. The van der Waals surface area contributed by atoms with Crippen molar-refractivity contribution >= 4 is 17.3 Å². The summed E-state index contributed by atoms with van der Waals surface area (Å²) in [5.41, 5.74) is 7.27. The van der Waals surface area contributed by atoms with Gasteiger partial charge >= 0.3 is 0 Å². The maximum atomic E-state index is 12.4. The van der Waals surface area contributed by atoms with Crippen LogP contribution in [0.2, 0.25) is 0 Å². The van der Waals surface area contributed by atoms with E-state index in [2.05, 4.69) is 0 Å². The zero-order valence-corrected chi connectivity index (χ0v) is 12.3. The predicted octanol–water partition coefficient (Wildman–Crippen LogP) is -0.578. The van der Waals surface area contributed by atoms with Crippen LogP contribution in [0.25, 0.3) is 0 Å². The summed E-state index contributed by atoms with van der Waals surface area (Å²) in [6, 6.07) is 5.40. The molecule has 0 aliphatic carbocycles. The molecule has 22 heavy (non-hydrogen) atoms. The fraction of sp³-hybridized carbons (Fsp3) is 0.533. The van der Waals surface area contributed by atoms with Crippen LogP contribution in [-0.4, -0.2) is 66.0 Å². The molecular formula is C15H21N3O4. The van der Waals surface area contributed by atoms with E-state index in [0.717, 1.165) is 17.9 Å². The fourth-order valence-electron chi connectivity index (χ4n) is 2.86. The first kappa shape index (κ1) is 14.9. The lowest BCUT2D eigenvalue weighted by Gasteiger charge is -2.26. The van der Waals surface area contributed by atoms with Crippen molar-refractivity contribution in [2.75, 3.05) is 43.4 Å². The lowest BCUT2D eigenvalue weighted by Crippen LogP contribution is -2.40. The van der Waals surface area contributed by atoms with Crippen LogP contribution in [0.15, 0.2) is 18.2 Å². The van der Waals surface area contributed by atoms with Gasteiger partial charge in [-0.2, -0.15) is 0 Å². The van der Waals surface area contributed by atoms with Crippen molar-refractivity contribution < 1.29 is 19.7 Å². The van der Waals surface area contributed by atoms with Gasteiger partial charge in [0.05, 0.1) is 31.0 Å². The summed E-state index contributed by atoms with van der Waals surface area (Å²) >= 11 is 0. The number of amides is 1. The van der Waals surface area contributed by atoms with E-state index in [1.54, 1.807) is 6.07 Å². The van der Waals surface area contributed by atoms with Crippen molar-refractivity contribution in [1.29, 1.82) is 0 Å². The van der Waals surface area contributed by atoms with E-state index in [-0.39, 0.29) is 25.5 Å². The molecule has 4 N–H and O–H groups in total. The zero-order chi connectivity index (χ0) is 15.7. The zero-order valence-electron chi connectivity index (χ0n) is 12.3. The normalized spacial score (nSPS) is 24.6. The molecule has 7 nitrogen and oxygen atoms in total. The van der Waals surface area contributed by atoms with E-state index < -0.39 is 12.2 Å². The molecule has 2 aliphatic rings. The SMILES string of the molecule is Nc1ccc2c(c1)N(CC(=O)N1CC(O)C(O)C1)CCCO2. The van der Waals surface area contributed by atoms with Gasteiger partial charge in [0.25, 0.3) is 0 Å². The second-order valence-corrected chi connectivity index (χ2v) is 5.78. The van der Waals surface area contributed by atoms with Crippen molar-refractivity contribution in [3.05, 3.63) is 18.2 Å². The summed E-state index contributed by atoms with van der Waals surface area (Å²) in [5.74, 6) is 0.604. The lowest BCUT2D eigenvalue weighted by molar-refractivity contribution is -0.129. The molecule has 3 rings (SSSR count). The van der Waals surface area contributed by atoms with Crippen LogP contribution in [0.4, 0.5) is 11.4 Å². The third-order valence-corrected chi connectivity index (χ3v) is 4.09.